The van der Waals surface area contributed by atoms with Crippen LogP contribution in [-0.4, -0.2) is 29.2 Å². The third kappa shape index (κ3) is 3.17. The summed E-state index contributed by atoms with van der Waals surface area (Å²) in [6.45, 7) is 1.69. The minimum absolute atomic E-state index is 0.0909. The summed E-state index contributed by atoms with van der Waals surface area (Å²) in [6.07, 6.45) is 8.27. The Morgan fingerprint density at radius 2 is 2.35 bits per heavy atom. The molecule has 0 aromatic carbocycles. The Morgan fingerprint density at radius 3 is 3.08 bits per heavy atom. The van der Waals surface area contributed by atoms with Gasteiger partial charge in [0.2, 0.25) is 5.28 Å². The van der Waals surface area contributed by atoms with Crippen molar-refractivity contribution in [2.24, 2.45) is 5.73 Å². The Bertz CT molecular complexity index is 964. The lowest BCUT2D eigenvalue weighted by molar-refractivity contribution is 0.0703. The molecular formula is C18H17ClN4O2S. The van der Waals surface area contributed by atoms with Crippen LogP contribution >= 0.6 is 22.9 Å². The predicted octanol–water partition coefficient (Wildman–Crippen LogP) is 3.36. The molecule has 1 aliphatic rings. The van der Waals surface area contributed by atoms with Crippen LogP contribution < -0.4 is 11.1 Å². The molecule has 2 atom stereocenters. The van der Waals surface area contributed by atoms with Gasteiger partial charge in [-0.3, -0.25) is 0 Å². The number of fused-ring (bicyclic) bond motifs is 1. The zero-order valence-electron chi connectivity index (χ0n) is 13.9. The molecule has 4 rings (SSSR count). The van der Waals surface area contributed by atoms with Crippen LogP contribution in [0.5, 0.6) is 0 Å². The summed E-state index contributed by atoms with van der Waals surface area (Å²) in [5, 5.41) is 3.42. The van der Waals surface area contributed by atoms with Gasteiger partial charge in [0.05, 0.1) is 29.7 Å². The van der Waals surface area contributed by atoms with Crippen LogP contribution in [0, 0.1) is 12.3 Å². The minimum Gasteiger partial charge on any atom is -0.467 e. The molecule has 0 saturated carbocycles. The van der Waals surface area contributed by atoms with E-state index in [4.69, 9.17) is 32.9 Å². The second kappa shape index (κ2) is 7.25. The topological polar surface area (TPSA) is 86.2 Å². The van der Waals surface area contributed by atoms with Crippen molar-refractivity contribution in [1.82, 2.24) is 9.97 Å². The van der Waals surface area contributed by atoms with Gasteiger partial charge < -0.3 is 20.2 Å². The Labute approximate surface area is 159 Å². The van der Waals surface area contributed by atoms with Crippen LogP contribution in [0.15, 0.2) is 22.8 Å². The number of aromatic nitrogens is 2. The molecule has 8 heteroatoms. The number of furan rings is 1. The number of thiophene rings is 1. The highest BCUT2D eigenvalue weighted by Gasteiger charge is 2.30. The molecule has 3 N–H and O–H groups in total. The molecule has 0 unspecified atom stereocenters. The first-order valence-corrected chi connectivity index (χ1v) is 9.43. The lowest BCUT2D eigenvalue weighted by Gasteiger charge is -2.28. The number of nitrogens with two attached hydrogens (primary N) is 1. The molecule has 0 amide bonds. The first-order chi connectivity index (χ1) is 12.7. The Morgan fingerprint density at radius 1 is 1.46 bits per heavy atom. The highest BCUT2D eigenvalue weighted by Crippen LogP contribution is 2.41. The fraction of sp³-hybridized carbons (Fsp3) is 0.333. The first kappa shape index (κ1) is 17.3. The molecule has 4 heterocycles. The molecule has 0 radical (unpaired) electrons. The van der Waals surface area contributed by atoms with E-state index in [9.17, 15) is 0 Å². The van der Waals surface area contributed by atoms with Crippen molar-refractivity contribution in [2.75, 3.05) is 18.5 Å². The van der Waals surface area contributed by atoms with Gasteiger partial charge in [-0.15, -0.1) is 17.8 Å². The maximum atomic E-state index is 6.27. The van der Waals surface area contributed by atoms with Gasteiger partial charge in [-0.05, 0) is 30.2 Å². The van der Waals surface area contributed by atoms with Gasteiger partial charge in [-0.1, -0.05) is 5.92 Å². The largest absolute Gasteiger partial charge is 0.467 e. The molecule has 26 heavy (non-hydrogen) atoms. The van der Waals surface area contributed by atoms with Crippen molar-refractivity contribution in [3.05, 3.63) is 39.9 Å². The van der Waals surface area contributed by atoms with Gasteiger partial charge in [0.25, 0.3) is 0 Å². The summed E-state index contributed by atoms with van der Waals surface area (Å²) < 4.78 is 11.7. The van der Waals surface area contributed by atoms with E-state index in [0.29, 0.717) is 31.1 Å². The SMILES string of the molecule is C#Cc1c([C@@H]2CCOC[C@H]2N)sc2c(NCc3ccco3)nc(Cl)nc12. The number of halogens is 1. The summed E-state index contributed by atoms with van der Waals surface area (Å²) in [6, 6.07) is 3.64. The summed E-state index contributed by atoms with van der Waals surface area (Å²) in [5.41, 5.74) is 7.71. The standard InChI is InChI=1S/C18H17ClN4O2S/c1-2-11-14-16(26-15(11)12-5-7-24-9-13(12)20)17(23-18(19)22-14)21-8-10-4-3-6-25-10/h1,3-4,6,12-13H,5,7-9,20H2,(H,21,22,23)/t12-,13-/m1/s1. The number of rotatable bonds is 4. The smallest absolute Gasteiger partial charge is 0.225 e. The summed E-state index contributed by atoms with van der Waals surface area (Å²) >= 11 is 7.72. The average molecular weight is 389 g/mol. The molecule has 6 nitrogen and oxygen atoms in total. The second-order valence-electron chi connectivity index (χ2n) is 6.07. The fourth-order valence-corrected chi connectivity index (χ4v) is 4.71. The van der Waals surface area contributed by atoms with Crippen molar-refractivity contribution < 1.29 is 9.15 Å². The van der Waals surface area contributed by atoms with Crippen LogP contribution in [-0.2, 0) is 11.3 Å². The van der Waals surface area contributed by atoms with Crippen LogP contribution in [0.25, 0.3) is 10.2 Å². The van der Waals surface area contributed by atoms with Crippen LogP contribution in [0.1, 0.15) is 28.5 Å². The van der Waals surface area contributed by atoms with E-state index in [1.54, 1.807) is 17.6 Å². The van der Waals surface area contributed by atoms with Gasteiger partial charge in [-0.25, -0.2) is 4.98 Å². The number of hydrogen-bond acceptors (Lipinski definition) is 7. The molecule has 134 valence electrons. The van der Waals surface area contributed by atoms with E-state index in [1.807, 2.05) is 12.1 Å². The van der Waals surface area contributed by atoms with Crippen molar-refractivity contribution in [1.29, 1.82) is 0 Å². The van der Waals surface area contributed by atoms with Gasteiger partial charge in [0.15, 0.2) is 0 Å². The normalized spacial score (nSPS) is 20.2. The first-order valence-electron chi connectivity index (χ1n) is 8.23. The van der Waals surface area contributed by atoms with Gasteiger partial charge in [0, 0.05) is 23.4 Å². The molecule has 3 aromatic heterocycles. The van der Waals surface area contributed by atoms with E-state index >= 15 is 0 Å². The number of ether oxygens (including phenoxy) is 1. The summed E-state index contributed by atoms with van der Waals surface area (Å²) in [4.78, 5) is 9.77. The number of nitrogens with one attached hydrogen (secondary N) is 1. The Kier molecular flexibility index (Phi) is 4.83. The maximum absolute atomic E-state index is 6.27. The molecule has 3 aromatic rings. The van der Waals surface area contributed by atoms with Gasteiger partial charge >= 0.3 is 0 Å². The molecule has 1 fully saturated rings. The van der Waals surface area contributed by atoms with E-state index < -0.39 is 0 Å². The lowest BCUT2D eigenvalue weighted by atomic mass is 9.91. The molecule has 1 saturated heterocycles. The zero-order chi connectivity index (χ0) is 18.1. The monoisotopic (exact) mass is 388 g/mol. The molecule has 0 spiro atoms. The number of anilines is 1. The van der Waals surface area contributed by atoms with E-state index in [2.05, 4.69) is 21.2 Å². The fourth-order valence-electron chi connectivity index (χ4n) is 3.16. The Balaban J connectivity index is 1.77. The number of nitrogens with zero attached hydrogens (tertiary/aromatic N) is 2. The van der Waals surface area contributed by atoms with Gasteiger partial charge in [0.1, 0.15) is 17.1 Å². The summed E-state index contributed by atoms with van der Waals surface area (Å²) in [5.74, 6) is 4.37. The average Bonchev–Trinajstić information content (AvgIpc) is 3.27. The van der Waals surface area contributed by atoms with Gasteiger partial charge in [-0.2, -0.15) is 4.98 Å². The van der Waals surface area contributed by atoms with E-state index in [0.717, 1.165) is 27.3 Å². The van der Waals surface area contributed by atoms with Crippen molar-refractivity contribution >= 4 is 39.0 Å². The highest BCUT2D eigenvalue weighted by molar-refractivity contribution is 7.20. The third-order valence-electron chi connectivity index (χ3n) is 4.43. The molecule has 0 aliphatic carbocycles. The Hall–Kier alpha value is -2.11. The zero-order valence-corrected chi connectivity index (χ0v) is 15.4. The van der Waals surface area contributed by atoms with Crippen LogP contribution in [0.2, 0.25) is 5.28 Å². The minimum atomic E-state index is -0.0909. The lowest BCUT2D eigenvalue weighted by Crippen LogP contribution is -2.37. The highest BCUT2D eigenvalue weighted by atomic mass is 35.5. The molecule has 0 bridgehead atoms. The summed E-state index contributed by atoms with van der Waals surface area (Å²) in [7, 11) is 0. The van der Waals surface area contributed by atoms with E-state index in [1.165, 1.54) is 0 Å². The quantitative estimate of drug-likeness (QED) is 0.526. The van der Waals surface area contributed by atoms with E-state index in [-0.39, 0.29) is 17.2 Å². The second-order valence-corrected chi connectivity index (χ2v) is 7.46. The molecule has 1 aliphatic heterocycles. The van der Waals surface area contributed by atoms with Crippen molar-refractivity contribution in [3.63, 3.8) is 0 Å². The molecular weight excluding hydrogens is 372 g/mol. The number of terminal acetylenes is 1. The van der Waals surface area contributed by atoms with Crippen LogP contribution in [0.4, 0.5) is 5.82 Å². The maximum Gasteiger partial charge on any atom is 0.225 e. The van der Waals surface area contributed by atoms with Crippen LogP contribution in [0.3, 0.4) is 0 Å². The van der Waals surface area contributed by atoms with Crippen molar-refractivity contribution in [3.8, 4) is 12.3 Å². The van der Waals surface area contributed by atoms with Crippen molar-refractivity contribution in [2.45, 2.75) is 24.9 Å². The predicted molar refractivity (Wildman–Crippen MR) is 103 cm³/mol. The third-order valence-corrected chi connectivity index (χ3v) is 5.91. The number of hydrogen-bond donors (Lipinski definition) is 2.